The lowest BCUT2D eigenvalue weighted by Gasteiger charge is -2.14. The summed E-state index contributed by atoms with van der Waals surface area (Å²) in [5.74, 6) is -0.272. The van der Waals surface area contributed by atoms with E-state index in [1.165, 1.54) is 35.7 Å². The number of thiazole rings is 1. The van der Waals surface area contributed by atoms with Gasteiger partial charge in [0.05, 0.1) is 11.3 Å². The van der Waals surface area contributed by atoms with Gasteiger partial charge in [-0.25, -0.2) is 4.98 Å². The Morgan fingerprint density at radius 3 is 2.58 bits per heavy atom. The molecule has 0 aliphatic carbocycles. The summed E-state index contributed by atoms with van der Waals surface area (Å²) in [6, 6.07) is 4.99. The van der Waals surface area contributed by atoms with Crippen LogP contribution in [0.1, 0.15) is 5.56 Å². The van der Waals surface area contributed by atoms with Crippen LogP contribution in [0.25, 0.3) is 0 Å². The third-order valence-corrected chi connectivity index (χ3v) is 2.84. The first kappa shape index (κ1) is 13.3. The fourth-order valence-corrected chi connectivity index (χ4v) is 1.93. The summed E-state index contributed by atoms with van der Waals surface area (Å²) >= 11 is 1.25. The number of guanidine groups is 1. The normalized spacial score (nSPS) is 11.1. The number of benzene rings is 1. The van der Waals surface area contributed by atoms with Gasteiger partial charge < -0.3 is 10.6 Å². The number of aromatic nitrogens is 1. The first-order chi connectivity index (χ1) is 8.97. The molecule has 0 saturated heterocycles. The van der Waals surface area contributed by atoms with E-state index >= 15 is 0 Å². The van der Waals surface area contributed by atoms with Crippen LogP contribution in [0.3, 0.4) is 0 Å². The SMILES string of the molecule is N=C(Nc1nccs1)Nc1ccccc1C(F)(F)F. The summed E-state index contributed by atoms with van der Waals surface area (Å²) in [6.07, 6.45) is -2.94. The topological polar surface area (TPSA) is 60.8 Å². The second-order valence-corrected chi connectivity index (χ2v) is 4.40. The third kappa shape index (κ3) is 3.44. The molecule has 4 nitrogen and oxygen atoms in total. The highest BCUT2D eigenvalue weighted by atomic mass is 32.1. The number of halogens is 3. The molecule has 0 fully saturated rings. The van der Waals surface area contributed by atoms with Crippen molar-refractivity contribution in [3.8, 4) is 0 Å². The van der Waals surface area contributed by atoms with Gasteiger partial charge in [0, 0.05) is 11.6 Å². The van der Waals surface area contributed by atoms with E-state index in [9.17, 15) is 13.2 Å². The molecule has 0 amide bonds. The van der Waals surface area contributed by atoms with Crippen molar-refractivity contribution in [2.75, 3.05) is 10.6 Å². The van der Waals surface area contributed by atoms with Crippen LogP contribution >= 0.6 is 11.3 Å². The van der Waals surface area contributed by atoms with Crippen molar-refractivity contribution in [1.29, 1.82) is 5.41 Å². The maximum Gasteiger partial charge on any atom is 0.418 e. The van der Waals surface area contributed by atoms with E-state index in [2.05, 4.69) is 15.6 Å². The smallest absolute Gasteiger partial charge is 0.326 e. The van der Waals surface area contributed by atoms with Crippen molar-refractivity contribution in [3.05, 3.63) is 41.4 Å². The Morgan fingerprint density at radius 2 is 1.95 bits per heavy atom. The summed E-state index contributed by atoms with van der Waals surface area (Å²) in [6.45, 7) is 0. The van der Waals surface area contributed by atoms with Gasteiger partial charge in [0.2, 0.25) is 0 Å². The lowest BCUT2D eigenvalue weighted by atomic mass is 10.1. The van der Waals surface area contributed by atoms with Crippen LogP contribution in [-0.4, -0.2) is 10.9 Å². The van der Waals surface area contributed by atoms with Crippen LogP contribution in [0.4, 0.5) is 24.0 Å². The quantitative estimate of drug-likeness (QED) is 0.583. The molecule has 3 N–H and O–H groups in total. The van der Waals surface area contributed by atoms with E-state index in [-0.39, 0.29) is 11.6 Å². The first-order valence-corrected chi connectivity index (χ1v) is 6.03. The molecule has 0 bridgehead atoms. The Labute approximate surface area is 110 Å². The molecule has 0 aliphatic heterocycles. The average molecular weight is 286 g/mol. The molecule has 2 aromatic rings. The molecule has 100 valence electrons. The number of para-hydroxylation sites is 1. The lowest BCUT2D eigenvalue weighted by molar-refractivity contribution is -0.136. The molecule has 2 rings (SSSR count). The Morgan fingerprint density at radius 1 is 1.21 bits per heavy atom. The maximum atomic E-state index is 12.7. The number of nitrogens with zero attached hydrogens (tertiary/aromatic N) is 1. The van der Waals surface area contributed by atoms with E-state index in [1.54, 1.807) is 5.38 Å². The van der Waals surface area contributed by atoms with Crippen molar-refractivity contribution in [2.24, 2.45) is 0 Å². The minimum absolute atomic E-state index is 0.177. The van der Waals surface area contributed by atoms with Gasteiger partial charge in [0.25, 0.3) is 0 Å². The standard InChI is InChI=1S/C11H9F3N4S/c12-11(13,14)7-3-1-2-4-8(7)17-9(15)18-10-16-5-6-19-10/h1-6H,(H3,15,16,17,18). The Bertz CT molecular complexity index is 566. The number of alkyl halides is 3. The summed E-state index contributed by atoms with van der Waals surface area (Å²) in [4.78, 5) is 3.87. The first-order valence-electron chi connectivity index (χ1n) is 5.15. The number of hydrogen-bond donors (Lipinski definition) is 3. The van der Waals surface area contributed by atoms with Gasteiger partial charge in [-0.05, 0) is 12.1 Å². The fourth-order valence-electron chi connectivity index (χ4n) is 1.40. The number of rotatable bonds is 2. The van der Waals surface area contributed by atoms with Crippen molar-refractivity contribution in [1.82, 2.24) is 4.98 Å². The van der Waals surface area contributed by atoms with E-state index in [0.29, 0.717) is 5.13 Å². The molecule has 0 unspecified atom stereocenters. The lowest BCUT2D eigenvalue weighted by Crippen LogP contribution is -2.22. The Balaban J connectivity index is 2.13. The summed E-state index contributed by atoms with van der Waals surface area (Å²) in [5, 5.41) is 14.6. The van der Waals surface area contributed by atoms with E-state index in [1.807, 2.05) is 0 Å². The Kier molecular flexibility index (Phi) is 3.70. The van der Waals surface area contributed by atoms with Gasteiger partial charge in [-0.1, -0.05) is 12.1 Å². The molecule has 0 saturated carbocycles. The summed E-state index contributed by atoms with van der Waals surface area (Å²) < 4.78 is 38.2. The van der Waals surface area contributed by atoms with Crippen LogP contribution in [0.15, 0.2) is 35.8 Å². The van der Waals surface area contributed by atoms with Crippen LogP contribution < -0.4 is 10.6 Å². The van der Waals surface area contributed by atoms with Gasteiger partial charge in [-0.3, -0.25) is 5.41 Å². The summed E-state index contributed by atoms with van der Waals surface area (Å²) in [7, 11) is 0. The van der Waals surface area contributed by atoms with E-state index in [0.717, 1.165) is 6.07 Å². The fraction of sp³-hybridized carbons (Fsp3) is 0.0909. The summed E-state index contributed by atoms with van der Waals surface area (Å²) in [5.41, 5.74) is -0.996. The van der Waals surface area contributed by atoms with Gasteiger partial charge >= 0.3 is 6.18 Å². The van der Waals surface area contributed by atoms with Crippen molar-refractivity contribution in [3.63, 3.8) is 0 Å². The minimum atomic E-state index is -4.47. The van der Waals surface area contributed by atoms with E-state index < -0.39 is 11.7 Å². The highest BCUT2D eigenvalue weighted by Crippen LogP contribution is 2.34. The molecule has 0 aliphatic rings. The highest BCUT2D eigenvalue weighted by molar-refractivity contribution is 7.13. The number of hydrogen-bond acceptors (Lipinski definition) is 3. The molecular weight excluding hydrogens is 277 g/mol. The predicted molar refractivity (Wildman–Crippen MR) is 68.5 cm³/mol. The van der Waals surface area contributed by atoms with Crippen LogP contribution in [0.2, 0.25) is 0 Å². The molecule has 0 spiro atoms. The largest absolute Gasteiger partial charge is 0.418 e. The van der Waals surface area contributed by atoms with Gasteiger partial charge in [-0.15, -0.1) is 11.3 Å². The molecule has 8 heteroatoms. The van der Waals surface area contributed by atoms with Crippen molar-refractivity contribution in [2.45, 2.75) is 6.18 Å². The zero-order chi connectivity index (χ0) is 13.9. The van der Waals surface area contributed by atoms with Crippen LogP contribution in [0.5, 0.6) is 0 Å². The molecule has 1 heterocycles. The zero-order valence-corrected chi connectivity index (χ0v) is 10.3. The van der Waals surface area contributed by atoms with Crippen molar-refractivity contribution < 1.29 is 13.2 Å². The van der Waals surface area contributed by atoms with Crippen LogP contribution in [0, 0.1) is 5.41 Å². The van der Waals surface area contributed by atoms with E-state index in [4.69, 9.17) is 5.41 Å². The highest BCUT2D eigenvalue weighted by Gasteiger charge is 2.33. The second-order valence-electron chi connectivity index (χ2n) is 3.51. The minimum Gasteiger partial charge on any atom is -0.326 e. The third-order valence-electron chi connectivity index (χ3n) is 2.16. The Hall–Kier alpha value is -2.09. The van der Waals surface area contributed by atoms with Gasteiger partial charge in [-0.2, -0.15) is 13.2 Å². The molecule has 1 aromatic carbocycles. The van der Waals surface area contributed by atoms with Gasteiger partial charge in [0.1, 0.15) is 0 Å². The molecule has 1 aromatic heterocycles. The second kappa shape index (κ2) is 5.27. The molecule has 0 atom stereocenters. The molecular formula is C11H9F3N4S. The maximum absolute atomic E-state index is 12.7. The van der Waals surface area contributed by atoms with Crippen molar-refractivity contribution >= 4 is 28.1 Å². The van der Waals surface area contributed by atoms with Gasteiger partial charge in [0.15, 0.2) is 11.1 Å². The molecule has 19 heavy (non-hydrogen) atoms. The predicted octanol–water partition coefficient (Wildman–Crippen LogP) is 3.62. The monoisotopic (exact) mass is 286 g/mol. The molecule has 0 radical (unpaired) electrons. The van der Waals surface area contributed by atoms with Crippen LogP contribution in [-0.2, 0) is 6.18 Å². The number of anilines is 2. The number of nitrogens with one attached hydrogen (secondary N) is 3. The average Bonchev–Trinajstić information content (AvgIpc) is 2.81. The zero-order valence-electron chi connectivity index (χ0n) is 9.45.